The van der Waals surface area contributed by atoms with E-state index in [1.807, 2.05) is 10.6 Å². The number of ether oxygens (including phenoxy) is 1. The molecule has 1 fully saturated rings. The number of sulfonamides is 1. The fraction of sp³-hybridized carbons (Fsp3) is 0.259. The smallest absolute Gasteiger partial charge is 0.243 e. The zero-order chi connectivity index (χ0) is 26.6. The number of rotatable bonds is 5. The molecule has 6 rings (SSSR count). The van der Waals surface area contributed by atoms with Crippen LogP contribution in [0.2, 0.25) is 0 Å². The minimum Gasteiger partial charge on any atom is -0.497 e. The summed E-state index contributed by atoms with van der Waals surface area (Å²) >= 11 is 0. The predicted octanol–water partition coefficient (Wildman–Crippen LogP) is 5.47. The quantitative estimate of drug-likeness (QED) is 0.295. The van der Waals surface area contributed by atoms with Gasteiger partial charge in [-0.15, -0.1) is 0 Å². The van der Waals surface area contributed by atoms with E-state index in [-0.39, 0.29) is 29.6 Å². The molecule has 0 amide bonds. The number of imidazole rings is 1. The van der Waals surface area contributed by atoms with Crippen molar-refractivity contribution in [1.82, 2.24) is 18.8 Å². The molecule has 5 aromatic rings. The van der Waals surface area contributed by atoms with E-state index in [2.05, 4.69) is 9.97 Å². The molecular weight excluding hydrogens is 514 g/mol. The molecule has 0 atom stereocenters. The van der Waals surface area contributed by atoms with Crippen LogP contribution in [0.5, 0.6) is 5.75 Å². The number of aryl methyl sites for hydroxylation is 1. The Morgan fingerprint density at radius 1 is 0.974 bits per heavy atom. The summed E-state index contributed by atoms with van der Waals surface area (Å²) in [4.78, 5) is 9.05. The van der Waals surface area contributed by atoms with Crippen molar-refractivity contribution < 1.29 is 26.4 Å². The molecule has 1 aliphatic heterocycles. The second-order valence-corrected chi connectivity index (χ2v) is 11.2. The Morgan fingerprint density at radius 2 is 1.76 bits per heavy atom. The lowest BCUT2D eigenvalue weighted by Gasteiger charge is -2.33. The van der Waals surface area contributed by atoms with E-state index in [0.29, 0.717) is 46.9 Å². The van der Waals surface area contributed by atoms with Gasteiger partial charge in [0.05, 0.1) is 28.6 Å². The molecule has 11 heteroatoms. The highest BCUT2D eigenvalue weighted by molar-refractivity contribution is 7.89. The second-order valence-electron chi connectivity index (χ2n) is 9.28. The lowest BCUT2D eigenvalue weighted by molar-refractivity contribution is 0.278. The fourth-order valence-corrected chi connectivity index (χ4v) is 6.59. The first-order chi connectivity index (χ1) is 18.2. The first-order valence-corrected chi connectivity index (χ1v) is 13.6. The average Bonchev–Trinajstić information content (AvgIpc) is 3.47. The van der Waals surface area contributed by atoms with Crippen LogP contribution in [0.3, 0.4) is 0 Å². The van der Waals surface area contributed by atoms with Crippen LogP contribution in [0.25, 0.3) is 33.5 Å². The van der Waals surface area contributed by atoms with Gasteiger partial charge in [0.1, 0.15) is 28.7 Å². The topological polar surface area (TPSA) is 90.5 Å². The minimum absolute atomic E-state index is 0.147. The van der Waals surface area contributed by atoms with Crippen molar-refractivity contribution in [3.05, 3.63) is 72.1 Å². The largest absolute Gasteiger partial charge is 0.497 e. The number of oxazole rings is 1. The molecule has 2 aromatic heterocycles. The third-order valence-corrected chi connectivity index (χ3v) is 8.86. The van der Waals surface area contributed by atoms with Crippen LogP contribution in [0.1, 0.15) is 24.8 Å². The molecule has 1 saturated heterocycles. The number of benzene rings is 3. The van der Waals surface area contributed by atoms with E-state index in [4.69, 9.17) is 9.15 Å². The normalized spacial score (nSPS) is 15.5. The Bertz CT molecular complexity index is 1790. The van der Waals surface area contributed by atoms with Gasteiger partial charge < -0.3 is 13.7 Å². The molecule has 196 valence electrons. The van der Waals surface area contributed by atoms with Crippen LogP contribution in [-0.4, -0.2) is 47.5 Å². The molecule has 8 nitrogen and oxygen atoms in total. The minimum atomic E-state index is -3.76. The Balaban J connectivity index is 1.34. The molecular formula is C27H24F2N4O4S. The van der Waals surface area contributed by atoms with E-state index >= 15 is 0 Å². The maximum atomic E-state index is 14.9. The lowest BCUT2D eigenvalue weighted by atomic mass is 10.1. The van der Waals surface area contributed by atoms with Crippen molar-refractivity contribution in [2.75, 3.05) is 20.2 Å². The molecule has 1 aliphatic rings. The van der Waals surface area contributed by atoms with Crippen LogP contribution in [0, 0.1) is 18.6 Å². The standard InChI is InChI=1S/C27H24F2N4O4S/c1-16-30-23-7-5-20(15-26(23)37-16)38(34,35)32-11-9-18(10-12-32)33-25-8-4-19(36-2)14-24(25)31-27(33)21-6-3-17(28)13-22(21)29/h3-8,13-15,18H,9-12H2,1-2H3. The Morgan fingerprint density at radius 3 is 2.50 bits per heavy atom. The van der Waals surface area contributed by atoms with E-state index in [9.17, 15) is 17.2 Å². The average molecular weight is 539 g/mol. The summed E-state index contributed by atoms with van der Waals surface area (Å²) in [6.07, 6.45) is 0.965. The van der Waals surface area contributed by atoms with Crippen LogP contribution in [-0.2, 0) is 10.0 Å². The molecule has 0 bridgehead atoms. The molecule has 0 radical (unpaired) electrons. The van der Waals surface area contributed by atoms with Crippen molar-refractivity contribution in [3.8, 4) is 17.1 Å². The summed E-state index contributed by atoms with van der Waals surface area (Å²) in [6.45, 7) is 2.24. The monoisotopic (exact) mass is 538 g/mol. The third kappa shape index (κ3) is 4.11. The number of methoxy groups -OCH3 is 1. The highest BCUT2D eigenvalue weighted by Crippen LogP contribution is 2.37. The van der Waals surface area contributed by atoms with Crippen molar-refractivity contribution in [1.29, 1.82) is 0 Å². The SMILES string of the molecule is COc1ccc2c(c1)nc(-c1ccc(F)cc1F)n2C1CCN(S(=O)(=O)c2ccc3nc(C)oc3c2)CC1. The summed E-state index contributed by atoms with van der Waals surface area (Å²) < 4.78 is 69.6. The van der Waals surface area contributed by atoms with Gasteiger partial charge >= 0.3 is 0 Å². The maximum Gasteiger partial charge on any atom is 0.243 e. The summed E-state index contributed by atoms with van der Waals surface area (Å²) in [6, 6.07) is 13.3. The van der Waals surface area contributed by atoms with Crippen LogP contribution < -0.4 is 4.74 Å². The first-order valence-electron chi connectivity index (χ1n) is 12.1. The molecule has 0 spiro atoms. The Hall–Kier alpha value is -3.83. The molecule has 38 heavy (non-hydrogen) atoms. The van der Waals surface area contributed by atoms with E-state index in [1.54, 1.807) is 32.2 Å². The molecule has 0 saturated carbocycles. The Kier molecular flexibility index (Phi) is 5.92. The molecule has 0 N–H and O–H groups in total. The van der Waals surface area contributed by atoms with Gasteiger partial charge in [-0.2, -0.15) is 4.31 Å². The van der Waals surface area contributed by atoms with Crippen LogP contribution >= 0.6 is 0 Å². The maximum absolute atomic E-state index is 14.9. The van der Waals surface area contributed by atoms with Gasteiger partial charge in [-0.05, 0) is 49.2 Å². The first kappa shape index (κ1) is 24.5. The highest BCUT2D eigenvalue weighted by Gasteiger charge is 2.32. The van der Waals surface area contributed by atoms with E-state index < -0.39 is 21.7 Å². The molecule has 3 heterocycles. The summed E-state index contributed by atoms with van der Waals surface area (Å²) in [5.74, 6) is 0.0413. The van der Waals surface area contributed by atoms with Gasteiger partial charge in [-0.3, -0.25) is 0 Å². The summed E-state index contributed by atoms with van der Waals surface area (Å²) in [5.41, 5.74) is 2.56. The van der Waals surface area contributed by atoms with Crippen molar-refractivity contribution in [2.24, 2.45) is 0 Å². The van der Waals surface area contributed by atoms with Gasteiger partial charge in [-0.1, -0.05) is 0 Å². The molecule has 3 aromatic carbocycles. The second kappa shape index (κ2) is 9.17. The van der Waals surface area contributed by atoms with E-state index in [0.717, 1.165) is 11.6 Å². The third-order valence-electron chi connectivity index (χ3n) is 6.96. The Labute approximate surface area is 217 Å². The summed E-state index contributed by atoms with van der Waals surface area (Å²) in [5, 5.41) is 0. The van der Waals surface area contributed by atoms with Crippen LogP contribution in [0.4, 0.5) is 8.78 Å². The van der Waals surface area contributed by atoms with Gasteiger partial charge in [0.15, 0.2) is 11.5 Å². The molecule has 0 unspecified atom stereocenters. The lowest BCUT2D eigenvalue weighted by Crippen LogP contribution is -2.39. The number of aromatic nitrogens is 3. The number of fused-ring (bicyclic) bond motifs is 2. The zero-order valence-electron chi connectivity index (χ0n) is 20.7. The summed E-state index contributed by atoms with van der Waals surface area (Å²) in [7, 11) is -2.21. The van der Waals surface area contributed by atoms with Crippen molar-refractivity contribution in [2.45, 2.75) is 30.7 Å². The number of hydrogen-bond donors (Lipinski definition) is 0. The highest BCUT2D eigenvalue weighted by atomic mass is 32.2. The van der Waals surface area contributed by atoms with E-state index in [1.165, 1.54) is 28.6 Å². The fourth-order valence-electron chi connectivity index (χ4n) is 5.11. The van der Waals surface area contributed by atoms with Crippen molar-refractivity contribution >= 4 is 32.2 Å². The van der Waals surface area contributed by atoms with Gasteiger partial charge in [0.25, 0.3) is 0 Å². The van der Waals surface area contributed by atoms with Gasteiger partial charge in [0, 0.05) is 44.3 Å². The van der Waals surface area contributed by atoms with Crippen molar-refractivity contribution in [3.63, 3.8) is 0 Å². The zero-order valence-corrected chi connectivity index (χ0v) is 21.5. The number of nitrogens with zero attached hydrogens (tertiary/aromatic N) is 4. The number of hydrogen-bond acceptors (Lipinski definition) is 6. The van der Waals surface area contributed by atoms with Gasteiger partial charge in [0.2, 0.25) is 10.0 Å². The predicted molar refractivity (Wildman–Crippen MR) is 137 cm³/mol. The van der Waals surface area contributed by atoms with Gasteiger partial charge in [-0.25, -0.2) is 27.2 Å². The van der Waals surface area contributed by atoms with Crippen LogP contribution in [0.15, 0.2) is 63.9 Å². The number of piperidine rings is 1. The number of halogens is 2. The molecule has 0 aliphatic carbocycles.